The van der Waals surface area contributed by atoms with Gasteiger partial charge in [-0.15, -0.1) is 11.8 Å². The van der Waals surface area contributed by atoms with Crippen LogP contribution < -0.4 is 9.47 Å². The highest BCUT2D eigenvalue weighted by atomic mass is 32.2. The van der Waals surface area contributed by atoms with E-state index in [9.17, 15) is 0 Å². The van der Waals surface area contributed by atoms with Gasteiger partial charge in [-0.3, -0.25) is 4.79 Å². The van der Waals surface area contributed by atoms with Gasteiger partial charge < -0.3 is 14.6 Å². The summed E-state index contributed by atoms with van der Waals surface area (Å²) in [5.41, 5.74) is 9.87. The second-order valence-electron chi connectivity index (χ2n) is 9.92. The van der Waals surface area contributed by atoms with Crippen molar-refractivity contribution < 1.29 is 19.4 Å². The second-order valence-corrected chi connectivity index (χ2v) is 12.0. The van der Waals surface area contributed by atoms with Crippen LogP contribution in [0.25, 0.3) is 11.1 Å². The molecule has 208 valence electrons. The molecule has 0 bridgehead atoms. The normalized spacial score (nSPS) is 15.2. The molecule has 0 saturated heterocycles. The molecular weight excluding hydrogens is 524 g/mol. The monoisotopic (exact) mass is 564 g/mol. The molecule has 1 unspecified atom stereocenters. The van der Waals surface area contributed by atoms with Crippen molar-refractivity contribution in [3.63, 3.8) is 0 Å². The highest BCUT2D eigenvalue weighted by Gasteiger charge is 2.28. The number of hydrogen-bond donors (Lipinski definition) is 1. The summed E-state index contributed by atoms with van der Waals surface area (Å²) in [6, 6.07) is 18.0. The molecule has 0 radical (unpaired) electrons. The first-order valence-electron chi connectivity index (χ1n) is 14.0. The molecule has 1 atom stereocenters. The van der Waals surface area contributed by atoms with Crippen LogP contribution in [0.2, 0.25) is 0 Å². The third kappa shape index (κ3) is 7.34. The Morgan fingerprint density at radius 1 is 1.05 bits per heavy atom. The van der Waals surface area contributed by atoms with Crippen LogP contribution in [-0.2, 0) is 30.5 Å². The lowest BCUT2D eigenvalue weighted by atomic mass is 9.87. The van der Waals surface area contributed by atoms with E-state index in [1.165, 1.54) is 56.0 Å². The van der Waals surface area contributed by atoms with Crippen LogP contribution >= 0.6 is 23.5 Å². The Kier molecular flexibility index (Phi) is 10.7. The maximum absolute atomic E-state index is 9.00. The van der Waals surface area contributed by atoms with Crippen LogP contribution in [0.5, 0.6) is 11.5 Å². The van der Waals surface area contributed by atoms with Crippen LogP contribution in [0.15, 0.2) is 53.4 Å². The van der Waals surface area contributed by atoms with Gasteiger partial charge in [0.05, 0.1) is 6.61 Å². The van der Waals surface area contributed by atoms with E-state index in [2.05, 4.69) is 68.6 Å². The Balaban J connectivity index is 0.000000826. The first-order chi connectivity index (χ1) is 18.9. The molecule has 6 heteroatoms. The second kappa shape index (κ2) is 14.2. The fourth-order valence-electron chi connectivity index (χ4n) is 5.47. The third-order valence-electron chi connectivity index (χ3n) is 7.23. The Labute approximate surface area is 241 Å². The Morgan fingerprint density at radius 2 is 1.79 bits per heavy atom. The summed E-state index contributed by atoms with van der Waals surface area (Å²) in [4.78, 5) is 10.4. The number of carboxylic acids is 1. The minimum Gasteiger partial charge on any atom is -0.494 e. The Hall–Kier alpha value is -2.57. The van der Waals surface area contributed by atoms with E-state index in [1.54, 1.807) is 0 Å². The molecule has 1 heterocycles. The average Bonchev–Trinajstić information content (AvgIpc) is 3.57. The third-order valence-corrected chi connectivity index (χ3v) is 9.03. The first-order valence-corrected chi connectivity index (χ1v) is 16.3. The van der Waals surface area contributed by atoms with Crippen molar-refractivity contribution in [2.75, 3.05) is 24.4 Å². The molecule has 1 aliphatic heterocycles. The van der Waals surface area contributed by atoms with Gasteiger partial charge in [0.2, 0.25) is 0 Å². The van der Waals surface area contributed by atoms with Gasteiger partial charge in [0.1, 0.15) is 17.6 Å². The van der Waals surface area contributed by atoms with Crippen molar-refractivity contribution in [3.8, 4) is 22.6 Å². The SMILES string of the molecule is CC(=O)O.CCc1cc(OCCCSC)cc(CC)c1-c1cccc2c1CCC2Oc1ccc2c(c1)SCC2. The van der Waals surface area contributed by atoms with E-state index >= 15 is 0 Å². The van der Waals surface area contributed by atoms with Gasteiger partial charge in [-0.2, -0.15) is 11.8 Å². The molecule has 4 nitrogen and oxygen atoms in total. The van der Waals surface area contributed by atoms with Crippen molar-refractivity contribution in [3.05, 3.63) is 76.3 Å². The van der Waals surface area contributed by atoms with Crippen LogP contribution in [0, 0.1) is 0 Å². The summed E-state index contributed by atoms with van der Waals surface area (Å²) in [6.07, 6.45) is 8.65. The molecule has 0 fully saturated rings. The lowest BCUT2D eigenvalue weighted by Crippen LogP contribution is -2.05. The van der Waals surface area contributed by atoms with Crippen molar-refractivity contribution in [2.24, 2.45) is 0 Å². The van der Waals surface area contributed by atoms with Crippen molar-refractivity contribution >= 4 is 29.5 Å². The maximum atomic E-state index is 9.00. The summed E-state index contributed by atoms with van der Waals surface area (Å²) in [5.74, 6) is 3.53. The molecule has 0 saturated carbocycles. The van der Waals surface area contributed by atoms with Gasteiger partial charge in [-0.25, -0.2) is 0 Å². The molecular formula is C33H40O4S2. The van der Waals surface area contributed by atoms with Gasteiger partial charge >= 0.3 is 0 Å². The minimum absolute atomic E-state index is 0.128. The predicted octanol–water partition coefficient (Wildman–Crippen LogP) is 8.42. The summed E-state index contributed by atoms with van der Waals surface area (Å²) in [6.45, 7) is 6.39. The van der Waals surface area contributed by atoms with E-state index in [-0.39, 0.29) is 6.10 Å². The number of rotatable bonds is 10. The molecule has 0 amide bonds. The molecule has 2 aliphatic rings. The molecule has 0 aromatic heterocycles. The summed E-state index contributed by atoms with van der Waals surface area (Å²) in [5, 5.41) is 7.42. The number of aliphatic carboxylic acids is 1. The largest absolute Gasteiger partial charge is 0.494 e. The number of hydrogen-bond acceptors (Lipinski definition) is 5. The molecule has 5 rings (SSSR count). The highest BCUT2D eigenvalue weighted by molar-refractivity contribution is 7.99. The molecule has 1 N–H and O–H groups in total. The molecule has 3 aromatic carbocycles. The number of ether oxygens (including phenoxy) is 2. The number of benzene rings is 3. The van der Waals surface area contributed by atoms with Gasteiger partial charge in [-0.05, 0) is 114 Å². The van der Waals surface area contributed by atoms with Crippen molar-refractivity contribution in [1.82, 2.24) is 0 Å². The van der Waals surface area contributed by atoms with E-state index < -0.39 is 5.97 Å². The molecule has 0 spiro atoms. The zero-order chi connectivity index (χ0) is 27.8. The lowest BCUT2D eigenvalue weighted by Gasteiger charge is -2.20. The topological polar surface area (TPSA) is 55.8 Å². The zero-order valence-corrected chi connectivity index (χ0v) is 25.2. The Bertz CT molecular complexity index is 1260. The standard InChI is InChI=1S/C31H36O2S2.C2H4O2/c1-4-21-18-25(32-15-7-16-34-3)19-22(5-2)31(21)28-9-6-8-27-26(28)12-13-29(27)33-24-11-10-23-14-17-35-30(23)20-24;1-2(3)4/h6,8-11,18-20,29H,4-5,7,12-17H2,1-3H3;1H3,(H,3,4). The number of aryl methyl sites for hydroxylation is 3. The van der Waals surface area contributed by atoms with Gasteiger partial charge in [0, 0.05) is 17.6 Å². The number of thioether (sulfide) groups is 2. The molecule has 39 heavy (non-hydrogen) atoms. The summed E-state index contributed by atoms with van der Waals surface area (Å²) in [7, 11) is 0. The van der Waals surface area contributed by atoms with Crippen molar-refractivity contribution in [1.29, 1.82) is 0 Å². The average molecular weight is 565 g/mol. The fourth-order valence-corrected chi connectivity index (χ4v) is 6.98. The number of carboxylic acid groups (broad SMARTS) is 1. The fraction of sp³-hybridized carbons (Fsp3) is 0.424. The van der Waals surface area contributed by atoms with Gasteiger partial charge in [-0.1, -0.05) is 38.1 Å². The zero-order valence-electron chi connectivity index (χ0n) is 23.5. The number of fused-ring (bicyclic) bond motifs is 2. The maximum Gasteiger partial charge on any atom is 0.300 e. The van der Waals surface area contributed by atoms with Crippen LogP contribution in [0.4, 0.5) is 0 Å². The van der Waals surface area contributed by atoms with Crippen LogP contribution in [0.3, 0.4) is 0 Å². The van der Waals surface area contributed by atoms with Crippen molar-refractivity contribution in [2.45, 2.75) is 70.3 Å². The van der Waals surface area contributed by atoms with Gasteiger partial charge in [0.15, 0.2) is 0 Å². The molecule has 3 aromatic rings. The van der Waals surface area contributed by atoms with Gasteiger partial charge in [0.25, 0.3) is 5.97 Å². The molecule has 1 aliphatic carbocycles. The Morgan fingerprint density at radius 3 is 2.49 bits per heavy atom. The smallest absolute Gasteiger partial charge is 0.300 e. The summed E-state index contributed by atoms with van der Waals surface area (Å²) >= 11 is 3.83. The number of carbonyl (C=O) groups is 1. The summed E-state index contributed by atoms with van der Waals surface area (Å²) < 4.78 is 12.7. The predicted molar refractivity (Wildman–Crippen MR) is 165 cm³/mol. The van der Waals surface area contributed by atoms with Crippen LogP contribution in [-0.4, -0.2) is 35.4 Å². The lowest BCUT2D eigenvalue weighted by molar-refractivity contribution is -0.134. The van der Waals surface area contributed by atoms with E-state index in [4.69, 9.17) is 19.4 Å². The highest BCUT2D eigenvalue weighted by Crippen LogP contribution is 2.44. The minimum atomic E-state index is -0.833. The quantitative estimate of drug-likeness (QED) is 0.250. The van der Waals surface area contributed by atoms with E-state index in [0.29, 0.717) is 0 Å². The van der Waals surface area contributed by atoms with E-state index in [0.717, 1.165) is 62.9 Å². The van der Waals surface area contributed by atoms with Crippen LogP contribution in [0.1, 0.15) is 67.5 Å². The van der Waals surface area contributed by atoms with E-state index in [1.807, 2.05) is 23.5 Å². The first kappa shape index (κ1) is 29.4.